The van der Waals surface area contributed by atoms with E-state index in [0.29, 0.717) is 18.6 Å². The van der Waals surface area contributed by atoms with Crippen LogP contribution in [0.3, 0.4) is 0 Å². The molecule has 0 radical (unpaired) electrons. The minimum atomic E-state index is 0.168. The zero-order valence-electron chi connectivity index (χ0n) is 11.9. The molecule has 2 rings (SSSR count). The van der Waals surface area contributed by atoms with Crippen molar-refractivity contribution in [3.05, 3.63) is 29.8 Å². The molecule has 0 aromatic heterocycles. The minimum Gasteiger partial charge on any atom is -0.382 e. The molecule has 0 aliphatic heterocycles. The molecule has 2 atom stereocenters. The number of rotatable bonds is 5. The lowest BCUT2D eigenvalue weighted by Crippen LogP contribution is -2.58. The second-order valence-corrected chi connectivity index (χ2v) is 5.73. The predicted molar refractivity (Wildman–Crippen MR) is 77.0 cm³/mol. The van der Waals surface area contributed by atoms with Gasteiger partial charge < -0.3 is 10.1 Å². The maximum absolute atomic E-state index is 8.65. The molecule has 102 valence electrons. The SMILES string of the molecule is CCOC1CC(Nc2ccc(CC#N)cc2)C1(C)C. The quantitative estimate of drug-likeness (QED) is 0.880. The maximum atomic E-state index is 8.65. The fraction of sp³-hybridized carbons (Fsp3) is 0.562. The van der Waals surface area contributed by atoms with Crippen LogP contribution in [-0.2, 0) is 11.2 Å². The van der Waals surface area contributed by atoms with Crippen LogP contribution in [0.2, 0.25) is 0 Å². The molecule has 19 heavy (non-hydrogen) atoms. The van der Waals surface area contributed by atoms with E-state index in [9.17, 15) is 0 Å². The van der Waals surface area contributed by atoms with E-state index in [2.05, 4.69) is 37.4 Å². The van der Waals surface area contributed by atoms with Crippen molar-refractivity contribution in [3.63, 3.8) is 0 Å². The zero-order chi connectivity index (χ0) is 13.9. The number of nitrogens with zero attached hydrogens (tertiary/aromatic N) is 1. The van der Waals surface area contributed by atoms with Crippen LogP contribution >= 0.6 is 0 Å². The Hall–Kier alpha value is -1.53. The van der Waals surface area contributed by atoms with Crippen molar-refractivity contribution in [2.75, 3.05) is 11.9 Å². The molecule has 0 bridgehead atoms. The van der Waals surface area contributed by atoms with Gasteiger partial charge in [0.2, 0.25) is 0 Å². The lowest BCUT2D eigenvalue weighted by Gasteiger charge is -2.52. The van der Waals surface area contributed by atoms with Crippen LogP contribution in [0.5, 0.6) is 0 Å². The summed E-state index contributed by atoms with van der Waals surface area (Å²) in [7, 11) is 0. The number of benzene rings is 1. The highest BCUT2D eigenvalue weighted by molar-refractivity contribution is 5.47. The summed E-state index contributed by atoms with van der Waals surface area (Å²) in [6.07, 6.45) is 1.88. The number of nitrogens with one attached hydrogen (secondary N) is 1. The largest absolute Gasteiger partial charge is 0.382 e. The summed E-state index contributed by atoms with van der Waals surface area (Å²) in [5.74, 6) is 0. The van der Waals surface area contributed by atoms with Gasteiger partial charge in [-0.3, -0.25) is 0 Å². The standard InChI is InChI=1S/C16H22N2O/c1-4-19-15-11-14(16(15,2)3)18-13-7-5-12(6-8-13)9-10-17/h5-8,14-15,18H,4,9,11H2,1-3H3. The zero-order valence-corrected chi connectivity index (χ0v) is 11.9. The van der Waals surface area contributed by atoms with Gasteiger partial charge in [-0.2, -0.15) is 5.26 Å². The van der Waals surface area contributed by atoms with Gasteiger partial charge in [0.1, 0.15) is 0 Å². The van der Waals surface area contributed by atoms with Crippen molar-refractivity contribution in [1.29, 1.82) is 5.26 Å². The van der Waals surface area contributed by atoms with Crippen molar-refractivity contribution in [2.24, 2.45) is 5.41 Å². The van der Waals surface area contributed by atoms with Crippen molar-refractivity contribution in [2.45, 2.75) is 45.8 Å². The lowest BCUT2D eigenvalue weighted by molar-refractivity contribution is -0.0975. The van der Waals surface area contributed by atoms with E-state index in [1.54, 1.807) is 0 Å². The first-order valence-electron chi connectivity index (χ1n) is 6.92. The van der Waals surface area contributed by atoms with Crippen molar-refractivity contribution >= 4 is 5.69 Å². The summed E-state index contributed by atoms with van der Waals surface area (Å²) in [5, 5.41) is 12.2. The fourth-order valence-corrected chi connectivity index (χ4v) is 2.63. The number of anilines is 1. The third-order valence-electron chi connectivity index (χ3n) is 4.12. The van der Waals surface area contributed by atoms with Gasteiger partial charge in [-0.05, 0) is 31.0 Å². The van der Waals surface area contributed by atoms with E-state index in [1.165, 1.54) is 0 Å². The normalized spacial score (nSPS) is 24.3. The number of hydrogen-bond donors (Lipinski definition) is 1. The highest BCUT2D eigenvalue weighted by Crippen LogP contribution is 2.44. The molecule has 0 heterocycles. The van der Waals surface area contributed by atoms with Crippen LogP contribution < -0.4 is 5.32 Å². The molecule has 2 unspecified atom stereocenters. The minimum absolute atomic E-state index is 0.168. The molecule has 0 spiro atoms. The van der Waals surface area contributed by atoms with Crippen molar-refractivity contribution in [3.8, 4) is 6.07 Å². The van der Waals surface area contributed by atoms with Crippen LogP contribution in [0.1, 0.15) is 32.8 Å². The Balaban J connectivity index is 1.94. The van der Waals surface area contributed by atoms with Crippen LogP contribution in [0.4, 0.5) is 5.69 Å². The van der Waals surface area contributed by atoms with Crippen LogP contribution in [0, 0.1) is 16.7 Å². The summed E-state index contributed by atoms with van der Waals surface area (Å²) in [6, 6.07) is 10.7. The summed E-state index contributed by atoms with van der Waals surface area (Å²) in [4.78, 5) is 0. The summed E-state index contributed by atoms with van der Waals surface area (Å²) in [6.45, 7) is 7.32. The monoisotopic (exact) mass is 258 g/mol. The Labute approximate surface area is 115 Å². The van der Waals surface area contributed by atoms with Gasteiger partial charge in [0.15, 0.2) is 0 Å². The molecule has 0 saturated heterocycles. The topological polar surface area (TPSA) is 45.0 Å². The van der Waals surface area contributed by atoms with Crippen LogP contribution in [0.15, 0.2) is 24.3 Å². The second kappa shape index (κ2) is 5.63. The van der Waals surface area contributed by atoms with Gasteiger partial charge in [0.25, 0.3) is 0 Å². The molecule has 1 fully saturated rings. The Kier molecular flexibility index (Phi) is 4.11. The average Bonchev–Trinajstić information content (AvgIpc) is 2.40. The first kappa shape index (κ1) is 13.9. The van der Waals surface area contributed by atoms with E-state index in [0.717, 1.165) is 24.3 Å². The molecule has 1 aliphatic rings. The third kappa shape index (κ3) is 2.90. The summed E-state index contributed by atoms with van der Waals surface area (Å²) in [5.41, 5.74) is 2.35. The highest BCUT2D eigenvalue weighted by Gasteiger charge is 2.48. The summed E-state index contributed by atoms with van der Waals surface area (Å²) >= 11 is 0. The third-order valence-corrected chi connectivity index (χ3v) is 4.12. The second-order valence-electron chi connectivity index (χ2n) is 5.73. The van der Waals surface area contributed by atoms with Gasteiger partial charge >= 0.3 is 0 Å². The molecule has 1 N–H and O–H groups in total. The maximum Gasteiger partial charge on any atom is 0.0669 e. The van der Waals surface area contributed by atoms with E-state index in [-0.39, 0.29) is 5.41 Å². The Morgan fingerprint density at radius 3 is 2.58 bits per heavy atom. The average molecular weight is 258 g/mol. The van der Waals surface area contributed by atoms with E-state index in [1.807, 2.05) is 19.1 Å². The molecule has 3 heteroatoms. The molecule has 1 saturated carbocycles. The van der Waals surface area contributed by atoms with Crippen LogP contribution in [-0.4, -0.2) is 18.8 Å². The Bertz CT molecular complexity index is 459. The van der Waals surface area contributed by atoms with Crippen molar-refractivity contribution < 1.29 is 4.74 Å². The Morgan fingerprint density at radius 2 is 2.05 bits per heavy atom. The molecule has 1 aliphatic carbocycles. The van der Waals surface area contributed by atoms with Crippen molar-refractivity contribution in [1.82, 2.24) is 0 Å². The molecule has 1 aromatic rings. The number of ether oxygens (including phenoxy) is 1. The van der Waals surface area contributed by atoms with E-state index >= 15 is 0 Å². The van der Waals surface area contributed by atoms with E-state index < -0.39 is 0 Å². The van der Waals surface area contributed by atoms with E-state index in [4.69, 9.17) is 10.00 Å². The number of hydrogen-bond acceptors (Lipinski definition) is 3. The van der Waals surface area contributed by atoms with Gasteiger partial charge in [-0.1, -0.05) is 26.0 Å². The highest BCUT2D eigenvalue weighted by atomic mass is 16.5. The van der Waals surface area contributed by atoms with Gasteiger partial charge in [-0.15, -0.1) is 0 Å². The Morgan fingerprint density at radius 1 is 1.37 bits per heavy atom. The van der Waals surface area contributed by atoms with Gasteiger partial charge in [0.05, 0.1) is 18.6 Å². The first-order valence-corrected chi connectivity index (χ1v) is 6.92. The van der Waals surface area contributed by atoms with Crippen LogP contribution in [0.25, 0.3) is 0 Å². The predicted octanol–water partition coefficient (Wildman–Crippen LogP) is 3.37. The fourth-order valence-electron chi connectivity index (χ4n) is 2.63. The smallest absolute Gasteiger partial charge is 0.0669 e. The molecule has 3 nitrogen and oxygen atoms in total. The molecule has 0 amide bonds. The number of nitriles is 1. The summed E-state index contributed by atoms with van der Waals surface area (Å²) < 4.78 is 5.74. The van der Waals surface area contributed by atoms with Gasteiger partial charge in [-0.25, -0.2) is 0 Å². The van der Waals surface area contributed by atoms with Gasteiger partial charge in [0, 0.05) is 23.8 Å². The lowest BCUT2D eigenvalue weighted by atomic mass is 9.64. The first-order chi connectivity index (χ1) is 9.07. The molecular weight excluding hydrogens is 236 g/mol. The molecular formula is C16H22N2O. The molecule has 1 aromatic carbocycles.